The molecule has 0 bridgehead atoms. The number of β-amino-alcohol motifs (C(OH)–C–C–N with tert-alkyl or cyclic N) is 1. The maximum atomic E-state index is 10.2. The fraction of sp³-hybridized carbons (Fsp3) is 0.368. The number of benzene rings is 2. The quantitative estimate of drug-likeness (QED) is 0.830. The lowest BCUT2D eigenvalue weighted by atomic mass is 10.2. The molecule has 2 aromatic carbocycles. The average molecular weight is 383 g/mol. The highest BCUT2D eigenvalue weighted by Gasteiger charge is 2.19. The van der Waals surface area contributed by atoms with Gasteiger partial charge in [-0.2, -0.15) is 0 Å². The summed E-state index contributed by atoms with van der Waals surface area (Å²) in [6.45, 7) is 4.79. The van der Waals surface area contributed by atoms with E-state index in [1.165, 1.54) is 5.69 Å². The highest BCUT2D eigenvalue weighted by Crippen LogP contribution is 2.17. The van der Waals surface area contributed by atoms with Crippen LogP contribution < -0.4 is 9.64 Å². The summed E-state index contributed by atoms with van der Waals surface area (Å²) < 4.78 is 5.61. The summed E-state index contributed by atoms with van der Waals surface area (Å²) in [5.74, 6) is 0.729. The van der Waals surface area contributed by atoms with Gasteiger partial charge in [-0.15, -0.1) is 12.4 Å². The number of aliphatic hydroxyl groups excluding tert-OH is 1. The summed E-state index contributed by atoms with van der Waals surface area (Å²) in [7, 11) is 0. The summed E-state index contributed by atoms with van der Waals surface area (Å²) in [5, 5.41) is 10.9. The second kappa shape index (κ2) is 9.88. The van der Waals surface area contributed by atoms with Gasteiger partial charge >= 0.3 is 0 Å². The molecular weight excluding hydrogens is 359 g/mol. The Kier molecular flexibility index (Phi) is 7.85. The number of anilines is 1. The van der Waals surface area contributed by atoms with E-state index < -0.39 is 6.10 Å². The van der Waals surface area contributed by atoms with Gasteiger partial charge in [-0.3, -0.25) is 4.90 Å². The first-order chi connectivity index (χ1) is 11.7. The van der Waals surface area contributed by atoms with Crippen LogP contribution in [0.15, 0.2) is 54.6 Å². The Bertz CT molecular complexity index is 617. The van der Waals surface area contributed by atoms with E-state index in [1.54, 1.807) is 12.1 Å². The molecule has 0 saturated carbocycles. The van der Waals surface area contributed by atoms with Crippen LogP contribution in [0.2, 0.25) is 5.02 Å². The Labute approximate surface area is 160 Å². The number of nitrogens with zero attached hydrogens (tertiary/aromatic N) is 2. The molecule has 1 heterocycles. The zero-order valence-electron chi connectivity index (χ0n) is 14.1. The number of ether oxygens (including phenoxy) is 1. The smallest absolute Gasteiger partial charge is 0.119 e. The van der Waals surface area contributed by atoms with Gasteiger partial charge in [0, 0.05) is 43.4 Å². The predicted octanol–water partition coefficient (Wildman–Crippen LogP) is 3.32. The van der Waals surface area contributed by atoms with E-state index in [4.69, 9.17) is 16.3 Å². The second-order valence-corrected chi connectivity index (χ2v) is 6.48. The zero-order chi connectivity index (χ0) is 16.8. The first kappa shape index (κ1) is 19.9. The molecule has 1 saturated heterocycles. The van der Waals surface area contributed by atoms with E-state index in [2.05, 4.69) is 34.1 Å². The molecule has 3 rings (SSSR count). The fourth-order valence-corrected chi connectivity index (χ4v) is 3.03. The summed E-state index contributed by atoms with van der Waals surface area (Å²) in [6, 6.07) is 17.7. The largest absolute Gasteiger partial charge is 0.491 e. The van der Waals surface area contributed by atoms with Crippen molar-refractivity contribution >= 4 is 29.7 Å². The van der Waals surface area contributed by atoms with Crippen molar-refractivity contribution in [2.45, 2.75) is 6.10 Å². The Balaban J connectivity index is 0.00000225. The highest BCUT2D eigenvalue weighted by molar-refractivity contribution is 6.30. The van der Waals surface area contributed by atoms with E-state index in [1.807, 2.05) is 18.2 Å². The fourth-order valence-electron chi connectivity index (χ4n) is 2.90. The van der Waals surface area contributed by atoms with Gasteiger partial charge in [0.05, 0.1) is 0 Å². The van der Waals surface area contributed by atoms with Crippen LogP contribution in [0.1, 0.15) is 0 Å². The van der Waals surface area contributed by atoms with Gasteiger partial charge in [0.25, 0.3) is 0 Å². The lowest BCUT2D eigenvalue weighted by molar-refractivity contribution is 0.0663. The van der Waals surface area contributed by atoms with Gasteiger partial charge in [0.15, 0.2) is 0 Å². The molecule has 0 spiro atoms. The first-order valence-electron chi connectivity index (χ1n) is 8.29. The minimum absolute atomic E-state index is 0. The van der Waals surface area contributed by atoms with Gasteiger partial charge < -0.3 is 14.7 Å². The third-order valence-electron chi connectivity index (χ3n) is 4.22. The van der Waals surface area contributed by atoms with Crippen LogP contribution in [-0.2, 0) is 0 Å². The molecule has 1 fully saturated rings. The Morgan fingerprint density at radius 1 is 0.960 bits per heavy atom. The predicted molar refractivity (Wildman–Crippen MR) is 105 cm³/mol. The van der Waals surface area contributed by atoms with E-state index >= 15 is 0 Å². The lowest BCUT2D eigenvalue weighted by Gasteiger charge is -2.36. The van der Waals surface area contributed by atoms with Crippen molar-refractivity contribution in [2.75, 3.05) is 44.2 Å². The number of hydrogen-bond donors (Lipinski definition) is 1. The summed E-state index contributed by atoms with van der Waals surface area (Å²) >= 11 is 5.84. The second-order valence-electron chi connectivity index (χ2n) is 6.04. The van der Waals surface area contributed by atoms with Crippen LogP contribution in [0.3, 0.4) is 0 Å². The molecule has 0 radical (unpaired) electrons. The lowest BCUT2D eigenvalue weighted by Crippen LogP contribution is -2.49. The summed E-state index contributed by atoms with van der Waals surface area (Å²) in [4.78, 5) is 4.67. The van der Waals surface area contributed by atoms with Crippen molar-refractivity contribution in [2.24, 2.45) is 0 Å². The van der Waals surface area contributed by atoms with Crippen molar-refractivity contribution in [3.8, 4) is 5.75 Å². The molecule has 1 unspecified atom stereocenters. The van der Waals surface area contributed by atoms with Crippen molar-refractivity contribution in [1.29, 1.82) is 0 Å². The maximum Gasteiger partial charge on any atom is 0.119 e. The highest BCUT2D eigenvalue weighted by atomic mass is 35.5. The number of hydrogen-bond acceptors (Lipinski definition) is 4. The standard InChI is InChI=1S/C19H23ClN2O2.ClH/c20-16-6-8-19(9-7-16)24-15-18(23)14-21-10-12-22(13-11-21)17-4-2-1-3-5-17;/h1-9,18,23H,10-15H2;1H. The summed E-state index contributed by atoms with van der Waals surface area (Å²) in [5.41, 5.74) is 1.27. The number of rotatable bonds is 6. The Morgan fingerprint density at radius 3 is 2.24 bits per heavy atom. The number of piperazine rings is 1. The molecule has 1 atom stereocenters. The minimum atomic E-state index is -0.496. The molecule has 2 aromatic rings. The van der Waals surface area contributed by atoms with Crippen LogP contribution in [0.4, 0.5) is 5.69 Å². The third kappa shape index (κ3) is 6.08. The van der Waals surface area contributed by atoms with Crippen molar-refractivity contribution in [3.63, 3.8) is 0 Å². The normalized spacial score (nSPS) is 16.2. The van der Waals surface area contributed by atoms with Crippen LogP contribution in [0, 0.1) is 0 Å². The Morgan fingerprint density at radius 2 is 1.60 bits per heavy atom. The molecule has 0 aromatic heterocycles. The molecule has 1 N–H and O–H groups in total. The number of halogens is 2. The zero-order valence-corrected chi connectivity index (χ0v) is 15.6. The van der Waals surface area contributed by atoms with Crippen molar-refractivity contribution < 1.29 is 9.84 Å². The minimum Gasteiger partial charge on any atom is -0.491 e. The van der Waals surface area contributed by atoms with Crippen LogP contribution in [0.5, 0.6) is 5.75 Å². The van der Waals surface area contributed by atoms with Crippen molar-refractivity contribution in [1.82, 2.24) is 4.90 Å². The molecule has 0 aliphatic carbocycles. The molecule has 1 aliphatic heterocycles. The molecular formula is C19H24Cl2N2O2. The van der Waals surface area contributed by atoms with Crippen LogP contribution in [0.25, 0.3) is 0 Å². The monoisotopic (exact) mass is 382 g/mol. The van der Waals surface area contributed by atoms with Gasteiger partial charge in [-0.05, 0) is 36.4 Å². The first-order valence-corrected chi connectivity index (χ1v) is 8.67. The Hall–Kier alpha value is -1.46. The van der Waals surface area contributed by atoms with E-state index in [-0.39, 0.29) is 12.4 Å². The van der Waals surface area contributed by atoms with Crippen LogP contribution in [-0.4, -0.2) is 55.4 Å². The molecule has 6 heteroatoms. The van der Waals surface area contributed by atoms with E-state index in [0.29, 0.717) is 18.2 Å². The number of para-hydroxylation sites is 1. The molecule has 25 heavy (non-hydrogen) atoms. The molecule has 136 valence electrons. The average Bonchev–Trinajstić information content (AvgIpc) is 2.63. The molecule has 1 aliphatic rings. The van der Waals surface area contributed by atoms with Crippen LogP contribution >= 0.6 is 24.0 Å². The van der Waals surface area contributed by atoms with Gasteiger partial charge in [-0.1, -0.05) is 29.8 Å². The summed E-state index contributed by atoms with van der Waals surface area (Å²) in [6.07, 6.45) is -0.496. The van der Waals surface area contributed by atoms with E-state index in [9.17, 15) is 5.11 Å². The number of aliphatic hydroxyl groups is 1. The van der Waals surface area contributed by atoms with E-state index in [0.717, 1.165) is 31.9 Å². The van der Waals surface area contributed by atoms with Crippen molar-refractivity contribution in [3.05, 3.63) is 59.6 Å². The van der Waals surface area contributed by atoms with Gasteiger partial charge in [0.2, 0.25) is 0 Å². The maximum absolute atomic E-state index is 10.2. The van der Waals surface area contributed by atoms with Gasteiger partial charge in [0.1, 0.15) is 18.5 Å². The third-order valence-corrected chi connectivity index (χ3v) is 4.47. The molecule has 0 amide bonds. The van der Waals surface area contributed by atoms with Gasteiger partial charge in [-0.25, -0.2) is 0 Å². The SMILES string of the molecule is Cl.OC(COc1ccc(Cl)cc1)CN1CCN(c2ccccc2)CC1. The molecule has 4 nitrogen and oxygen atoms in total. The topological polar surface area (TPSA) is 35.9 Å².